The van der Waals surface area contributed by atoms with Gasteiger partial charge >= 0.3 is 0 Å². The summed E-state index contributed by atoms with van der Waals surface area (Å²) in [6.07, 6.45) is 2.04. The molecule has 0 aliphatic heterocycles. The van der Waals surface area contributed by atoms with Gasteiger partial charge in [-0.2, -0.15) is 0 Å². The lowest BCUT2D eigenvalue weighted by atomic mass is 9.99. The van der Waals surface area contributed by atoms with Gasteiger partial charge in [0, 0.05) is 18.7 Å². The van der Waals surface area contributed by atoms with Crippen LogP contribution >= 0.6 is 0 Å². The largest absolute Gasteiger partial charge is 0.449 e. The number of para-hydroxylation sites is 1. The Hall–Kier alpha value is -2.95. The van der Waals surface area contributed by atoms with Crippen LogP contribution in [-0.2, 0) is 6.42 Å². The third kappa shape index (κ3) is 2.61. The molecule has 5 nitrogen and oxygen atoms in total. The molecular formula is C18H15NO4. The van der Waals surface area contributed by atoms with Crippen LogP contribution in [0.1, 0.15) is 50.9 Å². The van der Waals surface area contributed by atoms with Crippen LogP contribution in [0.25, 0.3) is 0 Å². The van der Waals surface area contributed by atoms with E-state index in [0.717, 1.165) is 17.7 Å². The molecule has 0 saturated carbocycles. The molecule has 1 aliphatic rings. The fourth-order valence-corrected chi connectivity index (χ4v) is 2.50. The van der Waals surface area contributed by atoms with Crippen LogP contribution in [0.3, 0.4) is 0 Å². The molecule has 0 fully saturated rings. The number of rotatable bonds is 4. The van der Waals surface area contributed by atoms with Crippen molar-refractivity contribution in [2.24, 2.45) is 0 Å². The first-order valence-corrected chi connectivity index (χ1v) is 7.31. The summed E-state index contributed by atoms with van der Waals surface area (Å²) in [5, 5.41) is 3.01. The van der Waals surface area contributed by atoms with Crippen molar-refractivity contribution in [2.75, 3.05) is 5.32 Å². The lowest BCUT2D eigenvalue weighted by molar-refractivity contribution is 0.0950. The van der Waals surface area contributed by atoms with E-state index in [9.17, 15) is 14.4 Å². The minimum absolute atomic E-state index is 0.0142. The number of hydrogen-bond donors (Lipinski definition) is 1. The Kier molecular flexibility index (Phi) is 3.70. The maximum atomic E-state index is 12.5. The molecule has 0 saturated heterocycles. The number of nitrogens with one attached hydrogen (secondary N) is 1. The second-order valence-corrected chi connectivity index (χ2v) is 5.30. The van der Waals surface area contributed by atoms with Crippen LogP contribution < -0.4 is 5.32 Å². The standard InChI is InChI=1S/C18H15NO4/c1-3-11-6-4-5-7-13(11)19-14-9-15(21)12-8-16(10(2)20)23-18(12)17(14)22/h4-9,19H,3H2,1-2H3. The third-order valence-corrected chi connectivity index (χ3v) is 3.74. The van der Waals surface area contributed by atoms with Gasteiger partial charge in [-0.15, -0.1) is 0 Å². The number of ketones is 3. The van der Waals surface area contributed by atoms with Gasteiger partial charge in [0.05, 0.1) is 11.3 Å². The fourth-order valence-electron chi connectivity index (χ4n) is 2.50. The summed E-state index contributed by atoms with van der Waals surface area (Å²) in [6, 6.07) is 8.88. The Morgan fingerprint density at radius 1 is 1.22 bits per heavy atom. The summed E-state index contributed by atoms with van der Waals surface area (Å²) in [7, 11) is 0. The zero-order chi connectivity index (χ0) is 16.6. The van der Waals surface area contributed by atoms with Crippen molar-refractivity contribution in [1.29, 1.82) is 0 Å². The van der Waals surface area contributed by atoms with Crippen molar-refractivity contribution in [1.82, 2.24) is 0 Å². The van der Waals surface area contributed by atoms with E-state index in [0.29, 0.717) is 0 Å². The molecule has 0 unspecified atom stereocenters. The molecule has 0 bridgehead atoms. The van der Waals surface area contributed by atoms with Crippen molar-refractivity contribution in [3.8, 4) is 0 Å². The second kappa shape index (κ2) is 5.68. The summed E-state index contributed by atoms with van der Waals surface area (Å²) in [4.78, 5) is 36.1. The summed E-state index contributed by atoms with van der Waals surface area (Å²) in [5.41, 5.74) is 2.08. The van der Waals surface area contributed by atoms with Gasteiger partial charge < -0.3 is 9.73 Å². The molecule has 0 amide bonds. The van der Waals surface area contributed by atoms with Gasteiger partial charge in [-0.1, -0.05) is 25.1 Å². The number of aryl methyl sites for hydroxylation is 1. The van der Waals surface area contributed by atoms with Gasteiger partial charge in [-0.3, -0.25) is 14.4 Å². The number of furan rings is 1. The maximum Gasteiger partial charge on any atom is 0.245 e. The first-order valence-electron chi connectivity index (χ1n) is 7.31. The normalized spacial score (nSPS) is 13.6. The summed E-state index contributed by atoms with van der Waals surface area (Å²) in [5.74, 6) is -1.18. The van der Waals surface area contributed by atoms with Crippen LogP contribution in [0.5, 0.6) is 0 Å². The Morgan fingerprint density at radius 3 is 2.65 bits per heavy atom. The molecule has 0 spiro atoms. The lowest BCUT2D eigenvalue weighted by Crippen LogP contribution is -2.20. The zero-order valence-electron chi connectivity index (χ0n) is 12.8. The monoisotopic (exact) mass is 309 g/mol. The predicted molar refractivity (Wildman–Crippen MR) is 84.9 cm³/mol. The number of allylic oxidation sites excluding steroid dienone is 2. The van der Waals surface area contributed by atoms with E-state index in [1.54, 1.807) is 0 Å². The summed E-state index contributed by atoms with van der Waals surface area (Å²) < 4.78 is 5.27. The Balaban J connectivity index is 1.97. The smallest absolute Gasteiger partial charge is 0.245 e. The summed E-state index contributed by atoms with van der Waals surface area (Å²) >= 11 is 0. The number of hydrogen-bond acceptors (Lipinski definition) is 5. The molecule has 1 N–H and O–H groups in total. The maximum absolute atomic E-state index is 12.5. The van der Waals surface area contributed by atoms with Crippen molar-refractivity contribution in [3.63, 3.8) is 0 Å². The molecule has 23 heavy (non-hydrogen) atoms. The topological polar surface area (TPSA) is 76.4 Å². The van der Waals surface area contributed by atoms with E-state index in [1.165, 1.54) is 19.1 Å². The highest BCUT2D eigenvalue weighted by Crippen LogP contribution is 2.27. The van der Waals surface area contributed by atoms with Crippen molar-refractivity contribution in [2.45, 2.75) is 20.3 Å². The molecule has 1 aromatic carbocycles. The minimum Gasteiger partial charge on any atom is -0.449 e. The van der Waals surface area contributed by atoms with E-state index < -0.39 is 5.78 Å². The van der Waals surface area contributed by atoms with Crippen LogP contribution in [0.4, 0.5) is 5.69 Å². The van der Waals surface area contributed by atoms with Crippen LogP contribution in [0.2, 0.25) is 0 Å². The van der Waals surface area contributed by atoms with Gasteiger partial charge in [0.25, 0.3) is 0 Å². The van der Waals surface area contributed by atoms with Crippen LogP contribution in [0.15, 0.2) is 46.5 Å². The van der Waals surface area contributed by atoms with E-state index >= 15 is 0 Å². The molecule has 1 aliphatic carbocycles. The molecule has 2 aromatic rings. The lowest BCUT2D eigenvalue weighted by Gasteiger charge is -2.15. The van der Waals surface area contributed by atoms with Gasteiger partial charge in [-0.05, 0) is 24.1 Å². The number of carbonyl (C=O) groups excluding carboxylic acids is 3. The summed E-state index contributed by atoms with van der Waals surface area (Å²) in [6.45, 7) is 3.33. The quantitative estimate of drug-likeness (QED) is 0.876. The van der Waals surface area contributed by atoms with Crippen molar-refractivity contribution >= 4 is 23.0 Å². The van der Waals surface area contributed by atoms with Gasteiger partial charge in [0.1, 0.15) is 0 Å². The molecular weight excluding hydrogens is 294 g/mol. The van der Waals surface area contributed by atoms with E-state index in [-0.39, 0.29) is 34.3 Å². The van der Waals surface area contributed by atoms with Crippen LogP contribution in [-0.4, -0.2) is 17.3 Å². The SMILES string of the molecule is CCc1ccccc1NC1=CC(=O)c2cc(C(C)=O)oc2C1=O. The van der Waals surface area contributed by atoms with Gasteiger partial charge in [-0.25, -0.2) is 0 Å². The molecule has 1 heterocycles. The van der Waals surface area contributed by atoms with Gasteiger partial charge in [0.15, 0.2) is 23.1 Å². The predicted octanol–water partition coefficient (Wildman–Crippen LogP) is 3.42. The Labute approximate surface area is 133 Å². The highest BCUT2D eigenvalue weighted by Gasteiger charge is 2.31. The zero-order valence-corrected chi connectivity index (χ0v) is 12.8. The van der Waals surface area contributed by atoms with Crippen molar-refractivity contribution in [3.05, 3.63) is 64.8 Å². The minimum atomic E-state index is -0.432. The number of Topliss-reactive ketones (excluding diaryl/α,β-unsaturated/α-hetero) is 2. The molecule has 0 radical (unpaired) electrons. The molecule has 1 aromatic heterocycles. The Bertz CT molecular complexity index is 858. The number of anilines is 1. The molecule has 3 rings (SSSR count). The number of carbonyl (C=O) groups is 3. The van der Waals surface area contributed by atoms with Crippen molar-refractivity contribution < 1.29 is 18.8 Å². The highest BCUT2D eigenvalue weighted by atomic mass is 16.4. The first-order chi connectivity index (χ1) is 11.0. The third-order valence-electron chi connectivity index (χ3n) is 3.74. The number of fused-ring (bicyclic) bond motifs is 1. The fraction of sp³-hybridized carbons (Fsp3) is 0.167. The van der Waals surface area contributed by atoms with Gasteiger partial charge in [0.2, 0.25) is 5.78 Å². The van der Waals surface area contributed by atoms with E-state index in [4.69, 9.17) is 4.42 Å². The molecule has 0 atom stereocenters. The molecule has 116 valence electrons. The van der Waals surface area contributed by atoms with E-state index in [1.807, 2.05) is 31.2 Å². The number of benzene rings is 1. The Morgan fingerprint density at radius 2 is 1.96 bits per heavy atom. The first kappa shape index (κ1) is 15.0. The van der Waals surface area contributed by atoms with Crippen LogP contribution in [0, 0.1) is 0 Å². The van der Waals surface area contributed by atoms with E-state index in [2.05, 4.69) is 5.32 Å². The highest BCUT2D eigenvalue weighted by molar-refractivity contribution is 6.24. The molecule has 5 heteroatoms. The average molecular weight is 309 g/mol. The average Bonchev–Trinajstić information content (AvgIpc) is 2.99. The second-order valence-electron chi connectivity index (χ2n) is 5.30.